The fourth-order valence-electron chi connectivity index (χ4n) is 4.65. The summed E-state index contributed by atoms with van der Waals surface area (Å²) in [6.45, 7) is 4.02. The zero-order valence-corrected chi connectivity index (χ0v) is 28.4. The molecule has 0 radical (unpaired) electrons. The third-order valence-corrected chi connectivity index (χ3v) is 8.47. The van der Waals surface area contributed by atoms with Gasteiger partial charge in [-0.15, -0.1) is 0 Å². The predicted octanol–water partition coefficient (Wildman–Crippen LogP) is 4.83. The van der Waals surface area contributed by atoms with E-state index in [9.17, 15) is 19.2 Å². The highest BCUT2D eigenvalue weighted by Gasteiger charge is 2.14. The second-order valence-electron chi connectivity index (χ2n) is 10.5. The first-order valence-electron chi connectivity index (χ1n) is 15.1. The minimum Gasteiger partial charge on any atom is -0.495 e. The molecule has 2 aromatic heterocycles. The van der Waals surface area contributed by atoms with E-state index in [-0.39, 0.29) is 34.4 Å². The molecule has 2 heterocycles. The van der Waals surface area contributed by atoms with E-state index in [1.807, 2.05) is 38.1 Å². The van der Waals surface area contributed by atoms with Gasteiger partial charge in [-0.3, -0.25) is 19.2 Å². The van der Waals surface area contributed by atoms with Crippen LogP contribution < -0.4 is 31.2 Å². The average Bonchev–Trinajstić information content (AvgIpc) is 3.04. The number of nitrogens with one attached hydrogen (secondary N) is 4. The molecule has 0 aliphatic carbocycles. The standard InChI is InChI=1S/C33H38N6O6S2/c1-5-7-22-16-28(40)38-32(34-22)46-18-30(42)36-24-11-9-20(14-26(24)44-3)13-21-10-12-25(27(15-21)45-4)37-31(43)19-47-33-35-23(8-6-2)17-29(41)39-33/h9-12,14-17H,5-8,13,18-19H2,1-4H3,(H,36,42)(H,37,43)(H,34,38,40)(H,35,39,41). The Labute approximate surface area is 280 Å². The van der Waals surface area contributed by atoms with Crippen LogP contribution in [0.25, 0.3) is 0 Å². The van der Waals surface area contributed by atoms with Gasteiger partial charge in [0, 0.05) is 23.5 Å². The normalized spacial score (nSPS) is 10.8. The number of thioether (sulfide) groups is 2. The van der Waals surface area contributed by atoms with E-state index in [2.05, 4.69) is 30.6 Å². The summed E-state index contributed by atoms with van der Waals surface area (Å²) >= 11 is 2.32. The lowest BCUT2D eigenvalue weighted by Gasteiger charge is -2.14. The van der Waals surface area contributed by atoms with Crippen LogP contribution in [0.3, 0.4) is 0 Å². The summed E-state index contributed by atoms with van der Waals surface area (Å²) in [4.78, 5) is 63.4. The van der Waals surface area contributed by atoms with E-state index < -0.39 is 0 Å². The number of H-pyrrole nitrogens is 2. The van der Waals surface area contributed by atoms with Crippen LogP contribution in [0.1, 0.15) is 49.2 Å². The first-order valence-corrected chi connectivity index (χ1v) is 17.1. The van der Waals surface area contributed by atoms with Crippen molar-refractivity contribution in [3.05, 3.63) is 91.8 Å². The number of hydrogen-bond donors (Lipinski definition) is 4. The molecule has 4 aromatic rings. The van der Waals surface area contributed by atoms with Crippen LogP contribution in [0.15, 0.2) is 68.4 Å². The summed E-state index contributed by atoms with van der Waals surface area (Å²) < 4.78 is 11.1. The molecule has 0 saturated carbocycles. The van der Waals surface area contributed by atoms with Crippen molar-refractivity contribution in [1.82, 2.24) is 19.9 Å². The van der Waals surface area contributed by atoms with E-state index in [4.69, 9.17) is 9.47 Å². The van der Waals surface area contributed by atoms with Crippen LogP contribution in [-0.4, -0.2) is 57.5 Å². The molecule has 0 fully saturated rings. The minimum atomic E-state index is -0.264. The Morgan fingerprint density at radius 3 is 1.51 bits per heavy atom. The fourth-order valence-corrected chi connectivity index (χ4v) is 6.03. The second kappa shape index (κ2) is 17.4. The molecule has 0 spiro atoms. The highest BCUT2D eigenvalue weighted by atomic mass is 32.2. The van der Waals surface area contributed by atoms with Gasteiger partial charge in [-0.1, -0.05) is 62.3 Å². The third kappa shape index (κ3) is 10.7. The molecule has 14 heteroatoms. The maximum atomic E-state index is 12.7. The largest absolute Gasteiger partial charge is 0.495 e. The van der Waals surface area contributed by atoms with Gasteiger partial charge >= 0.3 is 0 Å². The van der Waals surface area contributed by atoms with E-state index in [0.29, 0.717) is 63.8 Å². The van der Waals surface area contributed by atoms with Gasteiger partial charge in [-0.05, 0) is 54.7 Å². The molecule has 4 N–H and O–H groups in total. The van der Waals surface area contributed by atoms with Gasteiger partial charge in [-0.25, -0.2) is 9.97 Å². The van der Waals surface area contributed by atoms with Crippen LogP contribution in [0.4, 0.5) is 11.4 Å². The highest BCUT2D eigenvalue weighted by molar-refractivity contribution is 8.00. The number of anilines is 2. The van der Waals surface area contributed by atoms with Crippen LogP contribution in [-0.2, 0) is 28.9 Å². The maximum absolute atomic E-state index is 12.7. The number of nitrogens with zero attached hydrogens (tertiary/aromatic N) is 2. The first-order chi connectivity index (χ1) is 22.7. The van der Waals surface area contributed by atoms with Crippen LogP contribution in [0.5, 0.6) is 11.5 Å². The van der Waals surface area contributed by atoms with Crippen molar-refractivity contribution >= 4 is 46.7 Å². The number of aromatic nitrogens is 4. The van der Waals surface area contributed by atoms with Gasteiger partial charge < -0.3 is 30.1 Å². The van der Waals surface area contributed by atoms with Crippen molar-refractivity contribution in [3.63, 3.8) is 0 Å². The summed E-state index contributed by atoms with van der Waals surface area (Å²) in [6, 6.07) is 14.0. The van der Waals surface area contributed by atoms with Gasteiger partial charge in [-0.2, -0.15) is 0 Å². The lowest BCUT2D eigenvalue weighted by atomic mass is 10.0. The number of carbonyl (C=O) groups is 2. The highest BCUT2D eigenvalue weighted by Crippen LogP contribution is 2.30. The Morgan fingerprint density at radius 1 is 0.702 bits per heavy atom. The Balaban J connectivity index is 1.35. The van der Waals surface area contributed by atoms with Crippen molar-refractivity contribution in [2.75, 3.05) is 36.4 Å². The minimum absolute atomic E-state index is 0.0628. The van der Waals surface area contributed by atoms with Gasteiger partial charge in [0.05, 0.1) is 37.1 Å². The quantitative estimate of drug-likeness (QED) is 0.0952. The molecular weight excluding hydrogens is 641 g/mol. The number of carbonyl (C=O) groups excluding carboxylic acids is 2. The number of methoxy groups -OCH3 is 2. The van der Waals surface area contributed by atoms with Crippen molar-refractivity contribution in [2.45, 2.75) is 56.3 Å². The second-order valence-corrected chi connectivity index (χ2v) is 12.4. The van der Waals surface area contributed by atoms with Crippen LogP contribution in [0.2, 0.25) is 0 Å². The topological polar surface area (TPSA) is 168 Å². The fraction of sp³-hybridized carbons (Fsp3) is 0.333. The molecule has 0 atom stereocenters. The predicted molar refractivity (Wildman–Crippen MR) is 185 cm³/mol. The number of ether oxygens (including phenoxy) is 2. The molecule has 0 unspecified atom stereocenters. The van der Waals surface area contributed by atoms with E-state index in [0.717, 1.165) is 47.5 Å². The molecule has 0 saturated heterocycles. The number of amides is 2. The Morgan fingerprint density at radius 2 is 1.13 bits per heavy atom. The number of benzene rings is 2. The van der Waals surface area contributed by atoms with E-state index in [1.165, 1.54) is 26.4 Å². The molecule has 0 bridgehead atoms. The van der Waals surface area contributed by atoms with Crippen molar-refractivity contribution in [2.24, 2.45) is 0 Å². The Bertz CT molecular complexity index is 1700. The zero-order valence-electron chi connectivity index (χ0n) is 26.7. The lowest BCUT2D eigenvalue weighted by Crippen LogP contribution is -2.16. The van der Waals surface area contributed by atoms with Crippen LogP contribution >= 0.6 is 23.5 Å². The first kappa shape index (κ1) is 35.3. The van der Waals surface area contributed by atoms with E-state index in [1.54, 1.807) is 12.1 Å². The SMILES string of the molecule is CCCc1cc(=O)[nH]c(SCC(=O)Nc2ccc(Cc3ccc(NC(=O)CSc4nc(CCC)cc(=O)[nH]4)c(OC)c3)cc2OC)n1. The Hall–Kier alpha value is -4.56. The third-order valence-electron chi connectivity index (χ3n) is 6.73. The number of rotatable bonds is 16. The molecule has 0 aliphatic rings. The van der Waals surface area contributed by atoms with Crippen molar-refractivity contribution in [3.8, 4) is 11.5 Å². The molecule has 0 aliphatic heterocycles. The average molecular weight is 679 g/mol. The maximum Gasteiger partial charge on any atom is 0.251 e. The summed E-state index contributed by atoms with van der Waals surface area (Å²) in [7, 11) is 3.07. The number of aryl methyl sites for hydroxylation is 2. The molecule has 12 nitrogen and oxygen atoms in total. The van der Waals surface area contributed by atoms with Gasteiger partial charge in [0.1, 0.15) is 11.5 Å². The van der Waals surface area contributed by atoms with Gasteiger partial charge in [0.2, 0.25) is 11.8 Å². The smallest absolute Gasteiger partial charge is 0.251 e. The number of hydrogen-bond acceptors (Lipinski definition) is 10. The zero-order chi connectivity index (χ0) is 33.8. The number of aromatic amines is 2. The summed E-state index contributed by atoms with van der Waals surface area (Å²) in [5, 5.41) is 6.54. The molecule has 248 valence electrons. The van der Waals surface area contributed by atoms with Gasteiger partial charge in [0.25, 0.3) is 11.1 Å². The van der Waals surface area contributed by atoms with Crippen LogP contribution in [0, 0.1) is 0 Å². The molecular formula is C33H38N6O6S2. The summed E-state index contributed by atoms with van der Waals surface area (Å²) in [5.74, 6) is 0.601. The lowest BCUT2D eigenvalue weighted by molar-refractivity contribution is -0.114. The van der Waals surface area contributed by atoms with Crippen molar-refractivity contribution in [1.29, 1.82) is 0 Å². The van der Waals surface area contributed by atoms with E-state index >= 15 is 0 Å². The monoisotopic (exact) mass is 678 g/mol. The molecule has 47 heavy (non-hydrogen) atoms. The van der Waals surface area contributed by atoms with Gasteiger partial charge in [0.15, 0.2) is 10.3 Å². The van der Waals surface area contributed by atoms with Crippen molar-refractivity contribution < 1.29 is 19.1 Å². The summed E-state index contributed by atoms with van der Waals surface area (Å²) in [5.41, 5.74) is 3.83. The summed E-state index contributed by atoms with van der Waals surface area (Å²) in [6.07, 6.45) is 3.66. The molecule has 2 aromatic carbocycles. The Kier molecular flexibility index (Phi) is 13.1. The molecule has 4 rings (SSSR count). The molecule has 2 amide bonds.